The fourth-order valence-electron chi connectivity index (χ4n) is 4.60. The lowest BCUT2D eigenvalue weighted by Gasteiger charge is -2.32. The third-order valence-corrected chi connectivity index (χ3v) is 6.93. The highest BCUT2D eigenvalue weighted by Gasteiger charge is 2.46. The van der Waals surface area contributed by atoms with E-state index in [2.05, 4.69) is 34.7 Å². The zero-order valence-electron chi connectivity index (χ0n) is 16.5. The van der Waals surface area contributed by atoms with Crippen molar-refractivity contribution in [3.8, 4) is 11.5 Å². The van der Waals surface area contributed by atoms with Gasteiger partial charge in [-0.25, -0.2) is 4.90 Å². The van der Waals surface area contributed by atoms with Gasteiger partial charge in [-0.15, -0.1) is 0 Å². The van der Waals surface area contributed by atoms with Gasteiger partial charge >= 0.3 is 0 Å². The number of carbonyl (C=O) groups is 2. The van der Waals surface area contributed by atoms with Crippen LogP contribution in [-0.2, 0) is 16.1 Å². The van der Waals surface area contributed by atoms with E-state index in [0.29, 0.717) is 18.9 Å². The lowest BCUT2D eigenvalue weighted by Crippen LogP contribution is -3.29. The van der Waals surface area contributed by atoms with E-state index in [4.69, 9.17) is 9.47 Å². The number of fused-ring (bicyclic) bond motifs is 1. The van der Waals surface area contributed by atoms with Gasteiger partial charge in [-0.05, 0) is 65.1 Å². The van der Waals surface area contributed by atoms with E-state index in [1.54, 1.807) is 0 Å². The SMILES string of the molecule is O=C1C[C@@H]([NH+]2CC[NH+](Cc3ccc4c(c3)OCO4)CC2)C(=O)N1c1ccc(I)cc1. The molecule has 2 aromatic carbocycles. The number of rotatable bonds is 4. The molecule has 3 heterocycles. The highest BCUT2D eigenvalue weighted by atomic mass is 127. The number of carbonyl (C=O) groups excluding carboxylic acids is 2. The summed E-state index contributed by atoms with van der Waals surface area (Å²) in [7, 11) is 0. The smallest absolute Gasteiger partial charge is 0.292 e. The van der Waals surface area contributed by atoms with Crippen LogP contribution in [0.4, 0.5) is 5.69 Å². The first-order valence-corrected chi connectivity index (χ1v) is 11.4. The average molecular weight is 521 g/mol. The summed E-state index contributed by atoms with van der Waals surface area (Å²) >= 11 is 2.22. The Morgan fingerprint density at radius 3 is 2.47 bits per heavy atom. The van der Waals surface area contributed by atoms with E-state index < -0.39 is 0 Å². The third kappa shape index (κ3) is 3.79. The average Bonchev–Trinajstić information content (AvgIpc) is 3.33. The molecule has 5 rings (SSSR count). The highest BCUT2D eigenvalue weighted by molar-refractivity contribution is 14.1. The third-order valence-electron chi connectivity index (χ3n) is 6.21. The van der Waals surface area contributed by atoms with Gasteiger partial charge < -0.3 is 19.3 Å². The van der Waals surface area contributed by atoms with Gasteiger partial charge in [0.15, 0.2) is 17.5 Å². The molecule has 8 heteroatoms. The molecule has 30 heavy (non-hydrogen) atoms. The van der Waals surface area contributed by atoms with E-state index >= 15 is 0 Å². The molecule has 0 bridgehead atoms. The number of hydrogen-bond acceptors (Lipinski definition) is 4. The van der Waals surface area contributed by atoms with E-state index in [1.807, 2.05) is 30.3 Å². The monoisotopic (exact) mass is 521 g/mol. The van der Waals surface area contributed by atoms with Crippen LogP contribution in [0.3, 0.4) is 0 Å². The maximum atomic E-state index is 13.0. The Morgan fingerprint density at radius 2 is 1.70 bits per heavy atom. The molecule has 3 aliphatic heterocycles. The summed E-state index contributed by atoms with van der Waals surface area (Å²) in [5.41, 5.74) is 1.91. The van der Waals surface area contributed by atoms with Crippen molar-refractivity contribution in [1.82, 2.24) is 0 Å². The number of hydrogen-bond donors (Lipinski definition) is 2. The van der Waals surface area contributed by atoms with Crippen LogP contribution in [0.5, 0.6) is 11.5 Å². The van der Waals surface area contributed by atoms with Gasteiger partial charge in [-0.3, -0.25) is 9.59 Å². The second kappa shape index (κ2) is 8.16. The van der Waals surface area contributed by atoms with Gasteiger partial charge in [-0.1, -0.05) is 0 Å². The normalized spacial score (nSPS) is 25.8. The molecule has 2 N–H and O–H groups in total. The van der Waals surface area contributed by atoms with Crippen molar-refractivity contribution in [1.29, 1.82) is 0 Å². The Labute approximate surface area is 188 Å². The van der Waals surface area contributed by atoms with Crippen LogP contribution in [0.1, 0.15) is 12.0 Å². The molecule has 0 spiro atoms. The number of amides is 2. The molecule has 0 aliphatic carbocycles. The minimum absolute atomic E-state index is 0.0598. The van der Waals surface area contributed by atoms with Gasteiger partial charge in [0.2, 0.25) is 12.7 Å². The van der Waals surface area contributed by atoms with Crippen molar-refractivity contribution in [2.24, 2.45) is 0 Å². The Morgan fingerprint density at radius 1 is 0.967 bits per heavy atom. The fourth-order valence-corrected chi connectivity index (χ4v) is 4.96. The summed E-state index contributed by atoms with van der Waals surface area (Å²) in [4.78, 5) is 29.7. The molecule has 0 unspecified atom stereocenters. The standard InChI is InChI=1S/C22H22IN3O4/c23-16-2-4-17(5-3-16)26-21(27)12-18(22(26)28)25-9-7-24(8-10-25)13-15-1-6-19-20(11-15)30-14-29-19/h1-6,11,18H,7-10,12-14H2/p+2/t18-/m1/s1. The minimum Gasteiger partial charge on any atom is -0.454 e. The van der Waals surface area contributed by atoms with Crippen LogP contribution in [-0.4, -0.2) is 50.8 Å². The first kappa shape index (κ1) is 19.8. The Bertz CT molecular complexity index is 973. The predicted octanol–water partition coefficient (Wildman–Crippen LogP) is -0.365. The summed E-state index contributed by atoms with van der Waals surface area (Å²) < 4.78 is 11.9. The second-order valence-electron chi connectivity index (χ2n) is 8.07. The van der Waals surface area contributed by atoms with Crippen LogP contribution >= 0.6 is 22.6 Å². The van der Waals surface area contributed by atoms with Crippen LogP contribution in [0.15, 0.2) is 42.5 Å². The van der Waals surface area contributed by atoms with Crippen LogP contribution in [0.2, 0.25) is 0 Å². The summed E-state index contributed by atoms with van der Waals surface area (Å²) in [5.74, 6) is 1.48. The molecule has 7 nitrogen and oxygen atoms in total. The topological polar surface area (TPSA) is 64.7 Å². The molecule has 0 aromatic heterocycles. The van der Waals surface area contributed by atoms with Crippen LogP contribution in [0.25, 0.3) is 0 Å². The molecule has 2 aromatic rings. The van der Waals surface area contributed by atoms with Gasteiger partial charge in [0.25, 0.3) is 5.91 Å². The van der Waals surface area contributed by atoms with E-state index in [9.17, 15) is 9.59 Å². The number of ether oxygens (including phenoxy) is 2. The zero-order valence-corrected chi connectivity index (χ0v) is 18.7. The maximum absolute atomic E-state index is 13.0. The summed E-state index contributed by atoms with van der Waals surface area (Å²) in [6, 6.07) is 13.4. The van der Waals surface area contributed by atoms with Crippen molar-refractivity contribution in [2.45, 2.75) is 19.0 Å². The van der Waals surface area contributed by atoms with E-state index in [1.165, 1.54) is 20.3 Å². The second-order valence-corrected chi connectivity index (χ2v) is 9.32. The quantitative estimate of drug-likeness (QED) is 0.426. The maximum Gasteiger partial charge on any atom is 0.292 e. The number of halogens is 1. The molecule has 0 saturated carbocycles. The number of imide groups is 1. The van der Waals surface area contributed by atoms with Crippen molar-refractivity contribution in [2.75, 3.05) is 37.9 Å². The van der Waals surface area contributed by atoms with Crippen molar-refractivity contribution >= 4 is 40.1 Å². The summed E-state index contributed by atoms with van der Waals surface area (Å²) in [5, 5.41) is 0. The van der Waals surface area contributed by atoms with Crippen molar-refractivity contribution in [3.63, 3.8) is 0 Å². The van der Waals surface area contributed by atoms with Gasteiger partial charge in [0.1, 0.15) is 32.7 Å². The lowest BCUT2D eigenvalue weighted by molar-refractivity contribution is -1.02. The van der Waals surface area contributed by atoms with Gasteiger partial charge in [0, 0.05) is 9.13 Å². The molecule has 2 fully saturated rings. The first-order chi connectivity index (χ1) is 14.6. The molecular weight excluding hydrogens is 497 g/mol. The minimum atomic E-state index is -0.260. The molecule has 156 valence electrons. The summed E-state index contributed by atoms with van der Waals surface area (Å²) in [6.07, 6.45) is 0.303. The molecule has 2 saturated heterocycles. The first-order valence-electron chi connectivity index (χ1n) is 10.3. The molecule has 0 radical (unpaired) electrons. The molecule has 2 amide bonds. The van der Waals surface area contributed by atoms with Crippen LogP contribution < -0.4 is 24.2 Å². The number of benzene rings is 2. The number of anilines is 1. The Kier molecular flexibility index (Phi) is 5.38. The van der Waals surface area contributed by atoms with E-state index in [0.717, 1.165) is 47.8 Å². The highest BCUT2D eigenvalue weighted by Crippen LogP contribution is 2.32. The predicted molar refractivity (Wildman–Crippen MR) is 118 cm³/mol. The Balaban J connectivity index is 1.20. The van der Waals surface area contributed by atoms with Crippen LogP contribution in [0, 0.1) is 3.57 Å². The number of nitrogens with zero attached hydrogens (tertiary/aromatic N) is 1. The van der Waals surface area contributed by atoms with Gasteiger partial charge in [-0.2, -0.15) is 0 Å². The number of nitrogens with one attached hydrogen (secondary N) is 2. The fraction of sp³-hybridized carbons (Fsp3) is 0.364. The molecular formula is C22H24IN3O4+2. The van der Waals surface area contributed by atoms with Crippen molar-refractivity contribution in [3.05, 3.63) is 51.6 Å². The van der Waals surface area contributed by atoms with Gasteiger partial charge in [0.05, 0.1) is 12.1 Å². The zero-order chi connectivity index (χ0) is 20.7. The van der Waals surface area contributed by atoms with E-state index in [-0.39, 0.29) is 17.9 Å². The Hall–Kier alpha value is -2.17. The number of piperazine rings is 1. The molecule has 3 aliphatic rings. The largest absolute Gasteiger partial charge is 0.454 e. The molecule has 1 atom stereocenters. The summed E-state index contributed by atoms with van der Waals surface area (Å²) in [6.45, 7) is 4.96. The van der Waals surface area contributed by atoms with Crippen molar-refractivity contribution < 1.29 is 28.9 Å². The lowest BCUT2D eigenvalue weighted by atomic mass is 10.1. The number of quaternary nitrogens is 2.